The molecule has 1 aliphatic heterocycles. The summed E-state index contributed by atoms with van der Waals surface area (Å²) in [6.45, 7) is 2.94. The van der Waals surface area contributed by atoms with Crippen molar-refractivity contribution in [2.45, 2.75) is 19.0 Å². The lowest BCUT2D eigenvalue weighted by atomic mass is 10.2. The smallest absolute Gasteiger partial charge is 0.217 e. The Morgan fingerprint density at radius 2 is 2.10 bits per heavy atom. The predicted octanol–water partition coefficient (Wildman–Crippen LogP) is 2.30. The van der Waals surface area contributed by atoms with Crippen LogP contribution in [0.4, 0.5) is 10.2 Å². The van der Waals surface area contributed by atoms with Crippen molar-refractivity contribution in [3.05, 3.63) is 54.2 Å². The van der Waals surface area contributed by atoms with Crippen LogP contribution in [-0.2, 0) is 6.54 Å². The van der Waals surface area contributed by atoms with Crippen LogP contribution < -0.4 is 5.32 Å². The molecule has 1 N–H and O–H groups in total. The molecule has 0 spiro atoms. The van der Waals surface area contributed by atoms with E-state index >= 15 is 0 Å². The molecule has 0 saturated carbocycles. The van der Waals surface area contributed by atoms with Crippen molar-refractivity contribution in [1.29, 1.82) is 0 Å². The fourth-order valence-electron chi connectivity index (χ4n) is 2.56. The number of nitrogens with zero attached hydrogens (tertiary/aromatic N) is 3. The van der Waals surface area contributed by atoms with Crippen molar-refractivity contribution >= 4 is 5.82 Å². The van der Waals surface area contributed by atoms with Gasteiger partial charge in [-0.15, -0.1) is 0 Å². The van der Waals surface area contributed by atoms with Crippen molar-refractivity contribution < 1.29 is 4.39 Å². The van der Waals surface area contributed by atoms with Crippen LogP contribution in [0.1, 0.15) is 12.0 Å². The molecule has 1 aliphatic rings. The van der Waals surface area contributed by atoms with E-state index in [0.717, 1.165) is 26.1 Å². The second-order valence-corrected chi connectivity index (χ2v) is 5.08. The number of hydrogen-bond acceptors (Lipinski definition) is 4. The van der Waals surface area contributed by atoms with E-state index in [4.69, 9.17) is 0 Å². The second kappa shape index (κ2) is 5.96. The average molecular weight is 272 g/mol. The zero-order chi connectivity index (χ0) is 13.8. The van der Waals surface area contributed by atoms with E-state index in [1.54, 1.807) is 0 Å². The summed E-state index contributed by atoms with van der Waals surface area (Å²) < 4.78 is 13.0. The van der Waals surface area contributed by atoms with Crippen LogP contribution >= 0.6 is 0 Å². The maximum Gasteiger partial charge on any atom is 0.217 e. The molecule has 2 heterocycles. The monoisotopic (exact) mass is 272 g/mol. The van der Waals surface area contributed by atoms with Gasteiger partial charge in [0.25, 0.3) is 0 Å². The van der Waals surface area contributed by atoms with E-state index in [9.17, 15) is 4.39 Å². The Labute approximate surface area is 117 Å². The third-order valence-electron chi connectivity index (χ3n) is 3.51. The first-order chi connectivity index (χ1) is 9.79. The Kier molecular flexibility index (Phi) is 3.87. The standard InChI is InChI=1S/C15H17FN4/c16-14-8-15(18-11-17-14)19-13-6-7-20(10-13)9-12-4-2-1-3-5-12/h1-5,8,11,13H,6-7,9-10H2,(H,17,18,19). The van der Waals surface area contributed by atoms with Crippen molar-refractivity contribution in [1.82, 2.24) is 14.9 Å². The first-order valence-corrected chi connectivity index (χ1v) is 6.80. The molecule has 1 aromatic heterocycles. The number of anilines is 1. The maximum atomic E-state index is 13.0. The molecule has 0 radical (unpaired) electrons. The molecule has 104 valence electrons. The van der Waals surface area contributed by atoms with Crippen LogP contribution in [0.15, 0.2) is 42.7 Å². The molecule has 0 amide bonds. The minimum absolute atomic E-state index is 0.313. The van der Waals surface area contributed by atoms with Crippen molar-refractivity contribution in [2.24, 2.45) is 0 Å². The molecular formula is C15H17FN4. The molecule has 20 heavy (non-hydrogen) atoms. The minimum atomic E-state index is -0.498. The summed E-state index contributed by atoms with van der Waals surface area (Å²) in [7, 11) is 0. The molecule has 0 bridgehead atoms. The lowest BCUT2D eigenvalue weighted by Crippen LogP contribution is -2.26. The summed E-state index contributed by atoms with van der Waals surface area (Å²) in [5, 5.41) is 3.26. The normalized spacial score (nSPS) is 19.1. The van der Waals surface area contributed by atoms with Gasteiger partial charge in [-0.05, 0) is 12.0 Å². The summed E-state index contributed by atoms with van der Waals surface area (Å²) >= 11 is 0. The number of hydrogen-bond donors (Lipinski definition) is 1. The number of nitrogens with one attached hydrogen (secondary N) is 1. The summed E-state index contributed by atoms with van der Waals surface area (Å²) in [6, 6.07) is 12.1. The molecular weight excluding hydrogens is 255 g/mol. The highest BCUT2D eigenvalue weighted by Gasteiger charge is 2.22. The van der Waals surface area contributed by atoms with Gasteiger partial charge in [0.1, 0.15) is 12.1 Å². The highest BCUT2D eigenvalue weighted by Crippen LogP contribution is 2.16. The topological polar surface area (TPSA) is 41.0 Å². The number of rotatable bonds is 4. The predicted molar refractivity (Wildman–Crippen MR) is 75.7 cm³/mol. The highest BCUT2D eigenvalue weighted by atomic mass is 19.1. The van der Waals surface area contributed by atoms with Gasteiger partial charge in [0.2, 0.25) is 5.95 Å². The van der Waals surface area contributed by atoms with Gasteiger partial charge >= 0.3 is 0 Å². The lowest BCUT2D eigenvalue weighted by Gasteiger charge is -2.17. The van der Waals surface area contributed by atoms with Gasteiger partial charge in [0.15, 0.2) is 0 Å². The fourth-order valence-corrected chi connectivity index (χ4v) is 2.56. The van der Waals surface area contributed by atoms with Crippen molar-refractivity contribution in [3.63, 3.8) is 0 Å². The Bertz CT molecular complexity index is 561. The number of likely N-dealkylation sites (tertiary alicyclic amines) is 1. The van der Waals surface area contributed by atoms with E-state index in [2.05, 4.69) is 44.5 Å². The molecule has 1 unspecified atom stereocenters. The van der Waals surface area contributed by atoms with E-state index in [1.807, 2.05) is 6.07 Å². The second-order valence-electron chi connectivity index (χ2n) is 5.08. The third-order valence-corrected chi connectivity index (χ3v) is 3.51. The van der Waals surface area contributed by atoms with Gasteiger partial charge in [-0.25, -0.2) is 9.97 Å². The molecule has 2 aromatic rings. The van der Waals surface area contributed by atoms with Gasteiger partial charge in [-0.2, -0.15) is 4.39 Å². The van der Waals surface area contributed by atoms with Crippen LogP contribution in [-0.4, -0.2) is 34.0 Å². The zero-order valence-corrected chi connectivity index (χ0v) is 11.2. The van der Waals surface area contributed by atoms with Crippen LogP contribution in [0.2, 0.25) is 0 Å². The fraction of sp³-hybridized carbons (Fsp3) is 0.333. The lowest BCUT2D eigenvalue weighted by molar-refractivity contribution is 0.328. The Balaban J connectivity index is 1.54. The molecule has 1 aromatic carbocycles. The van der Waals surface area contributed by atoms with E-state index < -0.39 is 5.95 Å². The number of halogens is 1. The van der Waals surface area contributed by atoms with Crippen LogP contribution in [0, 0.1) is 5.95 Å². The summed E-state index contributed by atoms with van der Waals surface area (Å²) in [6.07, 6.45) is 2.28. The molecule has 5 heteroatoms. The Morgan fingerprint density at radius 3 is 2.90 bits per heavy atom. The van der Waals surface area contributed by atoms with E-state index in [-0.39, 0.29) is 0 Å². The third kappa shape index (κ3) is 3.30. The first kappa shape index (κ1) is 13.0. The summed E-state index contributed by atoms with van der Waals surface area (Å²) in [5.74, 6) is 0.0608. The largest absolute Gasteiger partial charge is 0.366 e. The molecule has 4 nitrogen and oxygen atoms in total. The quantitative estimate of drug-likeness (QED) is 0.867. The highest BCUT2D eigenvalue weighted by molar-refractivity contribution is 5.34. The Hall–Kier alpha value is -2.01. The maximum absolute atomic E-state index is 13.0. The molecule has 3 rings (SSSR count). The Morgan fingerprint density at radius 1 is 1.25 bits per heavy atom. The van der Waals surface area contributed by atoms with Gasteiger partial charge in [-0.3, -0.25) is 4.90 Å². The first-order valence-electron chi connectivity index (χ1n) is 6.80. The SMILES string of the molecule is Fc1cc(NC2CCN(Cc3ccccc3)C2)ncn1. The van der Waals surface area contributed by atoms with Crippen LogP contribution in [0.5, 0.6) is 0 Å². The van der Waals surface area contributed by atoms with Crippen molar-refractivity contribution in [3.8, 4) is 0 Å². The van der Waals surface area contributed by atoms with Gasteiger partial charge in [0.05, 0.1) is 0 Å². The summed E-state index contributed by atoms with van der Waals surface area (Å²) in [4.78, 5) is 9.88. The van der Waals surface area contributed by atoms with E-state index in [1.165, 1.54) is 18.0 Å². The van der Waals surface area contributed by atoms with Crippen LogP contribution in [0.3, 0.4) is 0 Å². The van der Waals surface area contributed by atoms with Gasteiger partial charge < -0.3 is 5.32 Å². The number of aromatic nitrogens is 2. The average Bonchev–Trinajstić information content (AvgIpc) is 2.87. The molecule has 1 saturated heterocycles. The van der Waals surface area contributed by atoms with Crippen LogP contribution in [0.25, 0.3) is 0 Å². The summed E-state index contributed by atoms with van der Waals surface area (Å²) in [5.41, 5.74) is 1.32. The van der Waals surface area contributed by atoms with Crippen molar-refractivity contribution in [2.75, 3.05) is 18.4 Å². The van der Waals surface area contributed by atoms with Gasteiger partial charge in [-0.1, -0.05) is 30.3 Å². The minimum Gasteiger partial charge on any atom is -0.366 e. The molecule has 1 atom stereocenters. The van der Waals surface area contributed by atoms with Gasteiger partial charge in [0, 0.05) is 31.7 Å². The molecule has 0 aliphatic carbocycles. The zero-order valence-electron chi connectivity index (χ0n) is 11.2. The van der Waals surface area contributed by atoms with E-state index in [0.29, 0.717) is 11.9 Å². The number of benzene rings is 1. The molecule has 1 fully saturated rings.